The number of halogens is 1. The molecule has 3 amide bonds. The smallest absolute Gasteiger partial charge is 0.251 e. The topological polar surface area (TPSA) is 117 Å². The van der Waals surface area contributed by atoms with Gasteiger partial charge in [-0.2, -0.15) is 0 Å². The van der Waals surface area contributed by atoms with Crippen LogP contribution in [-0.4, -0.2) is 42.3 Å². The van der Waals surface area contributed by atoms with Crippen LogP contribution in [0.15, 0.2) is 42.6 Å². The molecule has 1 aromatic carbocycles. The van der Waals surface area contributed by atoms with E-state index in [4.69, 9.17) is 17.3 Å². The van der Waals surface area contributed by atoms with E-state index >= 15 is 0 Å². The molecule has 1 aromatic heterocycles. The number of rotatable bonds is 8. The monoisotopic (exact) mass is 443 g/mol. The maximum absolute atomic E-state index is 12.1. The van der Waals surface area contributed by atoms with Crippen molar-refractivity contribution >= 4 is 40.8 Å². The van der Waals surface area contributed by atoms with E-state index in [2.05, 4.69) is 15.6 Å². The Labute approximate surface area is 186 Å². The average molecular weight is 444 g/mol. The molecule has 1 aliphatic rings. The van der Waals surface area contributed by atoms with Gasteiger partial charge in [0.2, 0.25) is 11.8 Å². The van der Waals surface area contributed by atoms with Gasteiger partial charge in [0.25, 0.3) is 5.91 Å². The Hall–Kier alpha value is -3.13. The number of benzene rings is 1. The van der Waals surface area contributed by atoms with Crippen molar-refractivity contribution in [3.05, 3.63) is 53.2 Å². The lowest BCUT2D eigenvalue weighted by Gasteiger charge is -2.32. The van der Waals surface area contributed by atoms with Crippen molar-refractivity contribution in [2.45, 2.75) is 25.7 Å². The zero-order valence-corrected chi connectivity index (χ0v) is 17.9. The molecular weight excluding hydrogens is 418 g/mol. The molecule has 1 aliphatic heterocycles. The standard InChI is InChI=1S/C22H26ClN5O3/c23-17-7-5-15(6-8-17)22(31)25-11-1-4-20(29)27-18-9-10-19(26-13-18)28-12-2-3-16(14-28)21(24)30/h5-10,13,16H,1-4,11-12,14H2,(H2,24,30)(H,25,31)(H,27,29). The first-order valence-electron chi connectivity index (χ1n) is 10.3. The van der Waals surface area contributed by atoms with Crippen molar-refractivity contribution in [3.8, 4) is 0 Å². The second-order valence-electron chi connectivity index (χ2n) is 7.51. The van der Waals surface area contributed by atoms with E-state index in [1.54, 1.807) is 36.5 Å². The summed E-state index contributed by atoms with van der Waals surface area (Å²) in [7, 11) is 0. The lowest BCUT2D eigenvalue weighted by Crippen LogP contribution is -2.41. The number of carbonyl (C=O) groups excluding carboxylic acids is 3. The Kier molecular flexibility index (Phi) is 7.83. The van der Waals surface area contributed by atoms with Gasteiger partial charge < -0.3 is 21.3 Å². The van der Waals surface area contributed by atoms with Gasteiger partial charge in [0.15, 0.2) is 0 Å². The maximum Gasteiger partial charge on any atom is 0.251 e. The third-order valence-corrected chi connectivity index (χ3v) is 5.40. The molecule has 0 radical (unpaired) electrons. The highest BCUT2D eigenvalue weighted by Crippen LogP contribution is 2.22. The van der Waals surface area contributed by atoms with E-state index in [1.807, 2.05) is 11.0 Å². The van der Waals surface area contributed by atoms with Crippen molar-refractivity contribution in [2.75, 3.05) is 29.9 Å². The molecule has 4 N–H and O–H groups in total. The van der Waals surface area contributed by atoms with Gasteiger partial charge in [-0.1, -0.05) is 11.6 Å². The highest BCUT2D eigenvalue weighted by molar-refractivity contribution is 6.30. The molecule has 0 saturated carbocycles. The number of nitrogens with zero attached hydrogens (tertiary/aromatic N) is 2. The highest BCUT2D eigenvalue weighted by atomic mass is 35.5. The second-order valence-corrected chi connectivity index (χ2v) is 7.94. The molecule has 2 aromatic rings. The minimum absolute atomic E-state index is 0.151. The molecule has 3 rings (SSSR count). The molecule has 164 valence electrons. The number of nitrogens with two attached hydrogens (primary N) is 1. The molecule has 0 bridgehead atoms. The predicted molar refractivity (Wildman–Crippen MR) is 120 cm³/mol. The van der Waals surface area contributed by atoms with Crippen LogP contribution >= 0.6 is 11.6 Å². The Balaban J connectivity index is 1.40. The number of carbonyl (C=O) groups is 3. The fraction of sp³-hybridized carbons (Fsp3) is 0.364. The summed E-state index contributed by atoms with van der Waals surface area (Å²) in [6.07, 6.45) is 4.08. The number of amides is 3. The van der Waals surface area contributed by atoms with Crippen LogP contribution in [0.5, 0.6) is 0 Å². The highest BCUT2D eigenvalue weighted by Gasteiger charge is 2.24. The zero-order chi connectivity index (χ0) is 22.2. The zero-order valence-electron chi connectivity index (χ0n) is 17.1. The molecular formula is C22H26ClN5O3. The van der Waals surface area contributed by atoms with E-state index in [1.165, 1.54) is 0 Å². The van der Waals surface area contributed by atoms with E-state index < -0.39 is 0 Å². The van der Waals surface area contributed by atoms with Crippen molar-refractivity contribution in [1.29, 1.82) is 0 Å². The van der Waals surface area contributed by atoms with Gasteiger partial charge in [0.1, 0.15) is 5.82 Å². The van der Waals surface area contributed by atoms with Crippen LogP contribution in [0, 0.1) is 5.92 Å². The van der Waals surface area contributed by atoms with Gasteiger partial charge >= 0.3 is 0 Å². The Morgan fingerprint density at radius 2 is 1.94 bits per heavy atom. The summed E-state index contributed by atoms with van der Waals surface area (Å²) in [4.78, 5) is 42.0. The molecule has 31 heavy (non-hydrogen) atoms. The minimum Gasteiger partial charge on any atom is -0.369 e. The quantitative estimate of drug-likeness (QED) is 0.542. The maximum atomic E-state index is 12.1. The Morgan fingerprint density at radius 1 is 1.16 bits per heavy atom. The number of nitrogens with one attached hydrogen (secondary N) is 2. The number of primary amides is 1. The van der Waals surface area contributed by atoms with E-state index in [-0.39, 0.29) is 30.1 Å². The SMILES string of the molecule is NC(=O)C1CCCN(c2ccc(NC(=O)CCCNC(=O)c3ccc(Cl)cc3)cn2)C1. The normalized spacial score (nSPS) is 15.9. The van der Waals surface area contributed by atoms with Crippen molar-refractivity contribution in [1.82, 2.24) is 10.3 Å². The molecule has 1 fully saturated rings. The third-order valence-electron chi connectivity index (χ3n) is 5.15. The number of anilines is 2. The van der Waals surface area contributed by atoms with E-state index in [0.29, 0.717) is 35.8 Å². The molecule has 1 unspecified atom stereocenters. The van der Waals surface area contributed by atoms with Crippen LogP contribution in [0.4, 0.5) is 11.5 Å². The van der Waals surface area contributed by atoms with Crippen molar-refractivity contribution in [3.63, 3.8) is 0 Å². The van der Waals surface area contributed by atoms with Gasteiger partial charge in [-0.05, 0) is 55.7 Å². The summed E-state index contributed by atoms with van der Waals surface area (Å²) in [5.41, 5.74) is 6.55. The average Bonchev–Trinajstić information content (AvgIpc) is 2.77. The molecule has 8 nitrogen and oxygen atoms in total. The molecule has 2 heterocycles. The lowest BCUT2D eigenvalue weighted by molar-refractivity contribution is -0.122. The van der Waals surface area contributed by atoms with E-state index in [0.717, 1.165) is 25.2 Å². The Morgan fingerprint density at radius 3 is 2.61 bits per heavy atom. The molecule has 0 aliphatic carbocycles. The summed E-state index contributed by atoms with van der Waals surface area (Å²) < 4.78 is 0. The third kappa shape index (κ3) is 6.68. The number of hydrogen-bond acceptors (Lipinski definition) is 5. The first kappa shape index (κ1) is 22.6. The van der Waals surface area contributed by atoms with Gasteiger partial charge in [-0.25, -0.2) is 4.98 Å². The van der Waals surface area contributed by atoms with Crippen LogP contribution in [0.1, 0.15) is 36.0 Å². The first-order chi connectivity index (χ1) is 14.9. The predicted octanol–water partition coefficient (Wildman–Crippen LogP) is 2.59. The second kappa shape index (κ2) is 10.8. The fourth-order valence-electron chi connectivity index (χ4n) is 3.44. The van der Waals surface area contributed by atoms with Crippen molar-refractivity contribution in [2.24, 2.45) is 11.7 Å². The largest absolute Gasteiger partial charge is 0.369 e. The van der Waals surface area contributed by atoms with Gasteiger partial charge in [-0.15, -0.1) is 0 Å². The van der Waals surface area contributed by atoms with Crippen LogP contribution in [0.3, 0.4) is 0 Å². The summed E-state index contributed by atoms with van der Waals surface area (Å²) in [5, 5.41) is 6.15. The molecule has 1 saturated heterocycles. The fourth-order valence-corrected chi connectivity index (χ4v) is 3.57. The number of piperidine rings is 1. The molecule has 0 spiro atoms. The lowest BCUT2D eigenvalue weighted by atomic mass is 9.97. The van der Waals surface area contributed by atoms with Gasteiger partial charge in [0, 0.05) is 36.6 Å². The summed E-state index contributed by atoms with van der Waals surface area (Å²) >= 11 is 5.81. The summed E-state index contributed by atoms with van der Waals surface area (Å²) in [5.74, 6) is -0.0304. The number of aromatic nitrogens is 1. The number of pyridine rings is 1. The molecule has 9 heteroatoms. The van der Waals surface area contributed by atoms with Gasteiger partial charge in [-0.3, -0.25) is 14.4 Å². The number of hydrogen-bond donors (Lipinski definition) is 3. The van der Waals surface area contributed by atoms with E-state index in [9.17, 15) is 14.4 Å². The summed E-state index contributed by atoms with van der Waals surface area (Å²) in [6.45, 7) is 1.78. The van der Waals surface area contributed by atoms with Crippen LogP contribution in [0.2, 0.25) is 5.02 Å². The molecule has 1 atom stereocenters. The summed E-state index contributed by atoms with van der Waals surface area (Å²) in [6, 6.07) is 10.2. The minimum atomic E-state index is -0.280. The van der Waals surface area contributed by atoms with Gasteiger partial charge in [0.05, 0.1) is 17.8 Å². The van der Waals surface area contributed by atoms with Crippen LogP contribution < -0.4 is 21.3 Å². The Bertz CT molecular complexity index is 918. The van der Waals surface area contributed by atoms with Crippen LogP contribution in [-0.2, 0) is 9.59 Å². The van der Waals surface area contributed by atoms with Crippen LogP contribution in [0.25, 0.3) is 0 Å². The van der Waals surface area contributed by atoms with Crippen molar-refractivity contribution < 1.29 is 14.4 Å². The first-order valence-corrected chi connectivity index (χ1v) is 10.6.